The van der Waals surface area contributed by atoms with Gasteiger partial charge in [0.05, 0.1) is 17.6 Å². The summed E-state index contributed by atoms with van der Waals surface area (Å²) in [6.45, 7) is 6.08. The smallest absolute Gasteiger partial charge is 0.229 e. The Hall–Kier alpha value is -2.99. The van der Waals surface area contributed by atoms with Crippen molar-refractivity contribution in [2.75, 3.05) is 68.1 Å². The molecule has 0 bridgehead atoms. The van der Waals surface area contributed by atoms with Gasteiger partial charge in [0.15, 0.2) is 15.7 Å². The van der Waals surface area contributed by atoms with E-state index in [-0.39, 0.29) is 22.5 Å². The molecule has 0 atom stereocenters. The first kappa shape index (κ1) is 28.5. The van der Waals surface area contributed by atoms with Crippen LogP contribution in [0, 0.1) is 5.82 Å². The molecule has 40 heavy (non-hydrogen) atoms. The molecule has 2 aliphatic heterocycles. The topological polar surface area (TPSA) is 93.7 Å². The summed E-state index contributed by atoms with van der Waals surface area (Å²) in [5.41, 5.74) is 2.29. The van der Waals surface area contributed by atoms with Crippen molar-refractivity contribution in [3.05, 3.63) is 65.1 Å². The fourth-order valence-corrected chi connectivity index (χ4v) is 6.28. The lowest BCUT2D eigenvalue weighted by molar-refractivity contribution is 0.0981. The number of para-hydroxylation sites is 1. The highest BCUT2D eigenvalue weighted by Gasteiger charge is 2.27. The molecule has 12 heteroatoms. The first-order valence-electron chi connectivity index (χ1n) is 13.4. The second kappa shape index (κ2) is 12.3. The fourth-order valence-electron chi connectivity index (χ4n) is 5.32. The maximum atomic E-state index is 15.2. The molecule has 0 saturated carbocycles. The molecule has 1 aromatic heterocycles. The number of sulfone groups is 1. The van der Waals surface area contributed by atoms with Gasteiger partial charge in [-0.3, -0.25) is 4.90 Å². The van der Waals surface area contributed by atoms with E-state index in [9.17, 15) is 8.42 Å². The molecule has 3 aromatic rings. The minimum absolute atomic E-state index is 0.122. The molecule has 0 radical (unpaired) electrons. The van der Waals surface area contributed by atoms with Crippen LogP contribution in [0.25, 0.3) is 0 Å². The zero-order valence-corrected chi connectivity index (χ0v) is 24.3. The Kier molecular flexibility index (Phi) is 8.74. The number of piperazine rings is 1. The summed E-state index contributed by atoms with van der Waals surface area (Å²) in [7, 11) is -1.07. The molecule has 214 valence electrons. The van der Waals surface area contributed by atoms with E-state index in [0.717, 1.165) is 52.1 Å². The average molecular weight is 588 g/mol. The van der Waals surface area contributed by atoms with E-state index in [4.69, 9.17) is 11.6 Å². The number of likely N-dealkylation sites (N-methyl/N-ethyl adjacent to an activating group) is 1. The quantitative estimate of drug-likeness (QED) is 0.394. The summed E-state index contributed by atoms with van der Waals surface area (Å²) in [6.07, 6.45) is 4.69. The standard InChI is InChI=1S/C28H35ClFN7O2S/c1-35-13-15-36(16-14-35)22-9-11-37(12-10-22)26-8-7-21(17-24(26)30)32-28-31-18-23(29)27(34-28)33-25-6-4-3-5-20(25)19-40(2,38)39/h3-8,17-18,22H,9-16,19H2,1-2H3,(H2,31,32,33,34). The first-order valence-corrected chi connectivity index (χ1v) is 15.9. The van der Waals surface area contributed by atoms with E-state index in [1.807, 2.05) is 6.07 Å². The molecule has 0 unspecified atom stereocenters. The number of anilines is 5. The number of hydrogen-bond donors (Lipinski definition) is 2. The second-order valence-electron chi connectivity index (χ2n) is 10.6. The zero-order chi connectivity index (χ0) is 28.3. The Labute approximate surface area is 240 Å². The number of hydrogen-bond acceptors (Lipinski definition) is 9. The normalized spacial score (nSPS) is 17.6. The molecule has 2 N–H and O–H groups in total. The third-order valence-electron chi connectivity index (χ3n) is 7.50. The average Bonchev–Trinajstić information content (AvgIpc) is 2.92. The molecule has 0 amide bonds. The van der Waals surface area contributed by atoms with Crippen molar-refractivity contribution in [3.8, 4) is 0 Å². The van der Waals surface area contributed by atoms with E-state index in [0.29, 0.717) is 34.5 Å². The van der Waals surface area contributed by atoms with Crippen molar-refractivity contribution in [3.63, 3.8) is 0 Å². The van der Waals surface area contributed by atoms with E-state index < -0.39 is 9.84 Å². The summed E-state index contributed by atoms with van der Waals surface area (Å²) in [4.78, 5) is 15.7. The van der Waals surface area contributed by atoms with Crippen LogP contribution in [-0.2, 0) is 15.6 Å². The lowest BCUT2D eigenvalue weighted by Crippen LogP contribution is -2.52. The predicted molar refractivity (Wildman–Crippen MR) is 159 cm³/mol. The van der Waals surface area contributed by atoms with Gasteiger partial charge in [0, 0.05) is 62.9 Å². The molecular weight excluding hydrogens is 553 g/mol. The minimum Gasteiger partial charge on any atom is -0.369 e. The van der Waals surface area contributed by atoms with E-state index in [1.165, 1.54) is 18.5 Å². The van der Waals surface area contributed by atoms with Crippen molar-refractivity contribution in [1.82, 2.24) is 19.8 Å². The van der Waals surface area contributed by atoms with E-state index in [1.54, 1.807) is 30.3 Å². The highest BCUT2D eigenvalue weighted by atomic mass is 35.5. The first-order chi connectivity index (χ1) is 19.1. The third-order valence-corrected chi connectivity index (χ3v) is 8.61. The third kappa shape index (κ3) is 7.20. The number of piperidine rings is 1. The SMILES string of the molecule is CN1CCN(C2CCN(c3ccc(Nc4ncc(Cl)c(Nc5ccccc5CS(C)(=O)=O)n4)cc3F)CC2)CC1. The van der Waals surface area contributed by atoms with Crippen LogP contribution >= 0.6 is 11.6 Å². The molecule has 0 aliphatic carbocycles. The Balaban J connectivity index is 1.23. The molecule has 5 rings (SSSR count). The van der Waals surface area contributed by atoms with Crippen LogP contribution in [0.4, 0.5) is 33.2 Å². The number of halogens is 2. The number of nitrogens with one attached hydrogen (secondary N) is 2. The van der Waals surface area contributed by atoms with Crippen LogP contribution in [0.1, 0.15) is 18.4 Å². The zero-order valence-electron chi connectivity index (χ0n) is 22.8. The van der Waals surface area contributed by atoms with Crippen molar-refractivity contribution in [2.24, 2.45) is 0 Å². The second-order valence-corrected chi connectivity index (χ2v) is 13.1. The summed E-state index contributed by atoms with van der Waals surface area (Å²) < 4.78 is 38.9. The van der Waals surface area contributed by atoms with Crippen LogP contribution < -0.4 is 15.5 Å². The summed E-state index contributed by atoms with van der Waals surface area (Å²) >= 11 is 6.33. The fraction of sp³-hybridized carbons (Fsp3) is 0.429. The van der Waals surface area contributed by atoms with Gasteiger partial charge in [0.2, 0.25) is 5.95 Å². The highest BCUT2D eigenvalue weighted by molar-refractivity contribution is 7.89. The molecule has 9 nitrogen and oxygen atoms in total. The van der Waals surface area contributed by atoms with Crippen molar-refractivity contribution < 1.29 is 12.8 Å². The molecule has 2 saturated heterocycles. The number of rotatable bonds is 8. The predicted octanol–water partition coefficient (Wildman–Crippen LogP) is 4.52. The van der Waals surface area contributed by atoms with Crippen molar-refractivity contribution >= 4 is 50.3 Å². The number of nitrogens with zero attached hydrogens (tertiary/aromatic N) is 5. The van der Waals surface area contributed by atoms with Gasteiger partial charge in [-0.25, -0.2) is 17.8 Å². The van der Waals surface area contributed by atoms with Gasteiger partial charge in [0.1, 0.15) is 10.8 Å². The van der Waals surface area contributed by atoms with Crippen LogP contribution in [-0.4, -0.2) is 86.8 Å². The van der Waals surface area contributed by atoms with Gasteiger partial charge < -0.3 is 20.4 Å². The van der Waals surface area contributed by atoms with Crippen molar-refractivity contribution in [1.29, 1.82) is 0 Å². The highest BCUT2D eigenvalue weighted by Crippen LogP contribution is 2.30. The maximum absolute atomic E-state index is 15.2. The van der Waals surface area contributed by atoms with Crippen LogP contribution in [0.15, 0.2) is 48.7 Å². The Bertz CT molecular complexity index is 1440. The van der Waals surface area contributed by atoms with Gasteiger partial charge in [-0.1, -0.05) is 29.8 Å². The summed E-state index contributed by atoms with van der Waals surface area (Å²) in [5, 5.41) is 6.42. The van der Waals surface area contributed by atoms with Gasteiger partial charge in [-0.2, -0.15) is 4.98 Å². The van der Waals surface area contributed by atoms with Gasteiger partial charge in [0.25, 0.3) is 0 Å². The van der Waals surface area contributed by atoms with Crippen LogP contribution in [0.5, 0.6) is 0 Å². The van der Waals surface area contributed by atoms with E-state index >= 15 is 4.39 Å². The maximum Gasteiger partial charge on any atom is 0.229 e. The van der Waals surface area contributed by atoms with Gasteiger partial charge in [-0.15, -0.1) is 0 Å². The Morgan fingerprint density at radius 1 is 1.02 bits per heavy atom. The van der Waals surface area contributed by atoms with E-state index in [2.05, 4.69) is 42.3 Å². The lowest BCUT2D eigenvalue weighted by atomic mass is 10.0. The number of aromatic nitrogens is 2. The van der Waals surface area contributed by atoms with Gasteiger partial charge >= 0.3 is 0 Å². The molecule has 2 aliphatic rings. The van der Waals surface area contributed by atoms with Crippen molar-refractivity contribution in [2.45, 2.75) is 24.6 Å². The number of benzene rings is 2. The largest absolute Gasteiger partial charge is 0.369 e. The van der Waals surface area contributed by atoms with Crippen LogP contribution in [0.3, 0.4) is 0 Å². The molecule has 2 fully saturated rings. The lowest BCUT2D eigenvalue weighted by Gasteiger charge is -2.42. The van der Waals surface area contributed by atoms with Crippen LogP contribution in [0.2, 0.25) is 5.02 Å². The molecule has 3 heterocycles. The monoisotopic (exact) mass is 587 g/mol. The summed E-state index contributed by atoms with van der Waals surface area (Å²) in [6, 6.07) is 12.7. The molecule has 0 spiro atoms. The van der Waals surface area contributed by atoms with Gasteiger partial charge in [-0.05, 0) is 49.7 Å². The Morgan fingerprint density at radius 3 is 2.45 bits per heavy atom. The minimum atomic E-state index is -3.24. The molecular formula is C28H35ClFN7O2S. The molecule has 2 aromatic carbocycles. The summed E-state index contributed by atoms with van der Waals surface area (Å²) in [5.74, 6) is 0.112. The Morgan fingerprint density at radius 2 is 1.75 bits per heavy atom.